The van der Waals surface area contributed by atoms with Gasteiger partial charge >= 0.3 is 0 Å². The number of ether oxygens (including phenoxy) is 1. The monoisotopic (exact) mass is 193 g/mol. The molecule has 0 aliphatic rings. The van der Waals surface area contributed by atoms with Crippen molar-refractivity contribution in [2.75, 3.05) is 6.61 Å². The predicted molar refractivity (Wildman–Crippen MR) is 52.6 cm³/mol. The molecule has 0 bridgehead atoms. The molecule has 1 rings (SSSR count). The molecule has 0 aromatic heterocycles. The summed E-state index contributed by atoms with van der Waals surface area (Å²) in [7, 11) is 0. The van der Waals surface area contributed by atoms with Gasteiger partial charge < -0.3 is 9.58 Å². The number of hydrogen-bond acceptors (Lipinski definition) is 1. The van der Waals surface area contributed by atoms with Gasteiger partial charge in [0.15, 0.2) is 0 Å². The van der Waals surface area contributed by atoms with Gasteiger partial charge in [-0.2, -0.15) is 0 Å². The van der Waals surface area contributed by atoms with Crippen molar-refractivity contribution in [2.24, 2.45) is 0 Å². The van der Waals surface area contributed by atoms with E-state index in [0.29, 0.717) is 18.8 Å². The summed E-state index contributed by atoms with van der Waals surface area (Å²) >= 11 is 0. The second-order valence-electron chi connectivity index (χ2n) is 3.07. The highest BCUT2D eigenvalue weighted by molar-refractivity contribution is 5.22. The van der Waals surface area contributed by atoms with Gasteiger partial charge in [0.2, 0.25) is 6.04 Å². The first-order valence-electron chi connectivity index (χ1n) is 4.47. The summed E-state index contributed by atoms with van der Waals surface area (Å²) in [6.45, 7) is 9.02. The van der Waals surface area contributed by atoms with E-state index in [0.717, 1.165) is 0 Å². The number of nitrogens with zero attached hydrogens (tertiary/aromatic N) is 1. The highest BCUT2D eigenvalue weighted by atomic mass is 19.1. The van der Waals surface area contributed by atoms with Crippen LogP contribution in [0.4, 0.5) is 4.39 Å². The van der Waals surface area contributed by atoms with Crippen LogP contribution in [0, 0.1) is 12.4 Å². The van der Waals surface area contributed by atoms with E-state index in [-0.39, 0.29) is 11.9 Å². The van der Waals surface area contributed by atoms with Crippen molar-refractivity contribution in [2.45, 2.75) is 19.4 Å². The van der Waals surface area contributed by atoms with Crippen molar-refractivity contribution in [1.29, 1.82) is 0 Å². The Hall–Kier alpha value is -1.56. The van der Waals surface area contributed by atoms with Gasteiger partial charge in [0.05, 0.1) is 13.0 Å². The van der Waals surface area contributed by atoms with Crippen LogP contribution in [0.2, 0.25) is 0 Å². The van der Waals surface area contributed by atoms with Crippen molar-refractivity contribution in [3.05, 3.63) is 41.5 Å². The van der Waals surface area contributed by atoms with Crippen molar-refractivity contribution in [3.63, 3.8) is 0 Å². The smallest absolute Gasteiger partial charge is 0.224 e. The molecule has 1 unspecified atom stereocenters. The molecule has 0 amide bonds. The van der Waals surface area contributed by atoms with Crippen LogP contribution in [0.15, 0.2) is 24.3 Å². The predicted octanol–water partition coefficient (Wildman–Crippen LogP) is 2.90. The standard InChI is InChI=1S/C11H12FNO/c1-9(13-2)6-7-14-11-5-3-4-10(12)8-11/h3-5,8-9H,6-7H2,1H3. The topological polar surface area (TPSA) is 13.6 Å². The van der Waals surface area contributed by atoms with Crippen LogP contribution < -0.4 is 4.74 Å². The van der Waals surface area contributed by atoms with Crippen LogP contribution in [-0.2, 0) is 0 Å². The zero-order chi connectivity index (χ0) is 10.4. The summed E-state index contributed by atoms with van der Waals surface area (Å²) < 4.78 is 18.0. The first-order valence-corrected chi connectivity index (χ1v) is 4.47. The van der Waals surface area contributed by atoms with Gasteiger partial charge in [0, 0.05) is 13.0 Å². The number of rotatable bonds is 4. The molecular weight excluding hydrogens is 181 g/mol. The fraction of sp³-hybridized carbons (Fsp3) is 0.364. The van der Waals surface area contributed by atoms with E-state index < -0.39 is 0 Å². The fourth-order valence-electron chi connectivity index (χ4n) is 0.969. The molecule has 0 saturated carbocycles. The quantitative estimate of drug-likeness (QED) is 0.670. The van der Waals surface area contributed by atoms with E-state index in [4.69, 9.17) is 11.3 Å². The van der Waals surface area contributed by atoms with Crippen molar-refractivity contribution < 1.29 is 9.13 Å². The third-order valence-corrected chi connectivity index (χ3v) is 1.82. The largest absolute Gasteiger partial charge is 0.493 e. The Kier molecular flexibility index (Phi) is 3.93. The normalized spacial score (nSPS) is 11.8. The molecule has 0 fully saturated rings. The second kappa shape index (κ2) is 5.23. The van der Waals surface area contributed by atoms with Crippen LogP contribution in [-0.4, -0.2) is 12.6 Å². The Bertz CT molecular complexity index is 332. The van der Waals surface area contributed by atoms with Crippen molar-refractivity contribution in [3.8, 4) is 5.75 Å². The Morgan fingerprint density at radius 3 is 3.00 bits per heavy atom. The van der Waals surface area contributed by atoms with Gasteiger partial charge in [-0.15, -0.1) is 0 Å². The first-order chi connectivity index (χ1) is 6.72. The maximum absolute atomic E-state index is 12.7. The number of hydrogen-bond donors (Lipinski definition) is 0. The van der Waals surface area contributed by atoms with Crippen LogP contribution in [0.5, 0.6) is 5.75 Å². The lowest BCUT2D eigenvalue weighted by Gasteiger charge is -2.05. The minimum atomic E-state index is -0.305. The zero-order valence-corrected chi connectivity index (χ0v) is 8.03. The molecule has 1 aromatic rings. The van der Waals surface area contributed by atoms with Gasteiger partial charge in [-0.3, -0.25) is 0 Å². The lowest BCUT2D eigenvalue weighted by molar-refractivity contribution is 0.305. The molecule has 3 heteroatoms. The zero-order valence-electron chi connectivity index (χ0n) is 8.03. The van der Waals surface area contributed by atoms with Gasteiger partial charge in [-0.05, 0) is 12.1 Å². The molecule has 1 aromatic carbocycles. The SMILES string of the molecule is [C-]#[N+]C(C)CCOc1cccc(F)c1. The Labute approximate surface area is 83.1 Å². The molecule has 0 radical (unpaired) electrons. The Balaban J connectivity index is 2.36. The van der Waals surface area contributed by atoms with Crippen LogP contribution in [0.25, 0.3) is 4.85 Å². The van der Waals surface area contributed by atoms with Gasteiger partial charge in [-0.25, -0.2) is 11.0 Å². The fourth-order valence-corrected chi connectivity index (χ4v) is 0.969. The Morgan fingerprint density at radius 2 is 2.36 bits per heavy atom. The molecule has 1 atom stereocenters. The molecule has 14 heavy (non-hydrogen) atoms. The minimum absolute atomic E-state index is 0.0384. The molecule has 0 spiro atoms. The molecule has 74 valence electrons. The molecular formula is C11H12FNO. The molecule has 2 nitrogen and oxygen atoms in total. The Morgan fingerprint density at radius 1 is 1.57 bits per heavy atom. The highest BCUT2D eigenvalue weighted by Gasteiger charge is 2.04. The maximum Gasteiger partial charge on any atom is 0.224 e. The molecule has 0 aliphatic carbocycles. The average molecular weight is 193 g/mol. The minimum Gasteiger partial charge on any atom is -0.493 e. The molecule has 0 N–H and O–H groups in total. The second-order valence-corrected chi connectivity index (χ2v) is 3.07. The third-order valence-electron chi connectivity index (χ3n) is 1.82. The lowest BCUT2D eigenvalue weighted by Crippen LogP contribution is -2.04. The summed E-state index contributed by atoms with van der Waals surface area (Å²) in [4.78, 5) is 3.33. The van der Waals surface area contributed by atoms with E-state index in [1.54, 1.807) is 12.1 Å². The number of benzene rings is 1. The van der Waals surface area contributed by atoms with Gasteiger partial charge in [0.25, 0.3) is 0 Å². The van der Waals surface area contributed by atoms with Crippen molar-refractivity contribution >= 4 is 0 Å². The summed E-state index contributed by atoms with van der Waals surface area (Å²) in [6.07, 6.45) is 0.667. The summed E-state index contributed by atoms with van der Waals surface area (Å²) in [5, 5.41) is 0. The van der Waals surface area contributed by atoms with Gasteiger partial charge in [-0.1, -0.05) is 6.07 Å². The van der Waals surface area contributed by atoms with E-state index in [9.17, 15) is 4.39 Å². The van der Waals surface area contributed by atoms with Crippen molar-refractivity contribution in [1.82, 2.24) is 0 Å². The van der Waals surface area contributed by atoms with E-state index in [2.05, 4.69) is 4.85 Å². The van der Waals surface area contributed by atoms with E-state index in [1.165, 1.54) is 12.1 Å². The van der Waals surface area contributed by atoms with E-state index in [1.807, 2.05) is 6.92 Å². The maximum atomic E-state index is 12.7. The van der Waals surface area contributed by atoms with Gasteiger partial charge in [0.1, 0.15) is 11.6 Å². The van der Waals surface area contributed by atoms with Crippen LogP contribution in [0.3, 0.4) is 0 Å². The summed E-state index contributed by atoms with van der Waals surface area (Å²) in [5.41, 5.74) is 0. The molecule has 0 heterocycles. The average Bonchev–Trinajstić information content (AvgIpc) is 2.17. The molecule has 0 aliphatic heterocycles. The van der Waals surface area contributed by atoms with E-state index >= 15 is 0 Å². The first kappa shape index (κ1) is 10.5. The third kappa shape index (κ3) is 3.44. The summed E-state index contributed by atoms with van der Waals surface area (Å²) in [5.74, 6) is 0.211. The van der Waals surface area contributed by atoms with Crippen LogP contribution >= 0.6 is 0 Å². The highest BCUT2D eigenvalue weighted by Crippen LogP contribution is 2.12. The summed E-state index contributed by atoms with van der Waals surface area (Å²) in [6, 6.07) is 5.97. The van der Waals surface area contributed by atoms with Crippen LogP contribution in [0.1, 0.15) is 13.3 Å². The number of halogens is 1. The molecule has 0 saturated heterocycles. The lowest BCUT2D eigenvalue weighted by atomic mass is 10.2.